The van der Waals surface area contributed by atoms with Gasteiger partial charge in [-0.2, -0.15) is 0 Å². The van der Waals surface area contributed by atoms with Crippen molar-refractivity contribution >= 4 is 17.2 Å². The van der Waals surface area contributed by atoms with E-state index in [-0.39, 0.29) is 16.9 Å². The molecule has 7 heteroatoms. The van der Waals surface area contributed by atoms with E-state index in [1.165, 1.54) is 11.3 Å². The topological polar surface area (TPSA) is 63.6 Å². The maximum atomic E-state index is 12.0. The fourth-order valence-electron chi connectivity index (χ4n) is 2.79. The molecule has 1 fully saturated rings. The van der Waals surface area contributed by atoms with E-state index in [1.807, 2.05) is 12.3 Å². The highest BCUT2D eigenvalue weighted by Gasteiger charge is 2.21. The Labute approximate surface area is 141 Å². The number of carbonyl (C=O) groups is 1. The molecule has 0 aliphatic carbocycles. The zero-order valence-corrected chi connectivity index (χ0v) is 15.0. The van der Waals surface area contributed by atoms with Crippen LogP contribution in [0.2, 0.25) is 0 Å². The summed E-state index contributed by atoms with van der Waals surface area (Å²) >= 11 is 1.17. The van der Waals surface area contributed by atoms with E-state index in [9.17, 15) is 9.59 Å². The van der Waals surface area contributed by atoms with E-state index in [1.54, 1.807) is 4.57 Å². The lowest BCUT2D eigenvalue weighted by atomic mass is 10.2. The van der Waals surface area contributed by atoms with E-state index in [0.29, 0.717) is 25.4 Å². The zero-order chi connectivity index (χ0) is 16.8. The van der Waals surface area contributed by atoms with Crippen LogP contribution in [0.25, 0.3) is 0 Å². The Morgan fingerprint density at radius 2 is 2.30 bits per heavy atom. The number of rotatable bonds is 7. The molecule has 130 valence electrons. The smallest absolute Gasteiger partial charge is 0.307 e. The predicted molar refractivity (Wildman–Crippen MR) is 92.0 cm³/mol. The average Bonchev–Trinajstić information content (AvgIpc) is 2.81. The van der Waals surface area contributed by atoms with Crippen LogP contribution in [-0.4, -0.2) is 54.3 Å². The van der Waals surface area contributed by atoms with Crippen LogP contribution in [0.5, 0.6) is 0 Å². The normalized spacial score (nSPS) is 19.2. The number of nitrogens with one attached hydrogen (secondary N) is 1. The van der Waals surface area contributed by atoms with Gasteiger partial charge in [-0.3, -0.25) is 14.5 Å². The van der Waals surface area contributed by atoms with Gasteiger partial charge in [-0.25, -0.2) is 0 Å². The molecule has 1 atom stereocenters. The van der Waals surface area contributed by atoms with Gasteiger partial charge in [0.25, 0.3) is 0 Å². The summed E-state index contributed by atoms with van der Waals surface area (Å²) in [5.41, 5.74) is 0.910. The van der Waals surface area contributed by atoms with Crippen molar-refractivity contribution < 1.29 is 9.53 Å². The van der Waals surface area contributed by atoms with Gasteiger partial charge >= 0.3 is 4.87 Å². The summed E-state index contributed by atoms with van der Waals surface area (Å²) in [5, 5.41) is 4.74. The summed E-state index contributed by atoms with van der Waals surface area (Å²) in [6, 6.07) is 0. The quantitative estimate of drug-likeness (QED) is 0.806. The van der Waals surface area contributed by atoms with Gasteiger partial charge in [-0.05, 0) is 12.8 Å². The Balaban J connectivity index is 1.71. The van der Waals surface area contributed by atoms with Gasteiger partial charge < -0.3 is 14.6 Å². The molecule has 6 nitrogen and oxygen atoms in total. The molecule has 1 aliphatic rings. The summed E-state index contributed by atoms with van der Waals surface area (Å²) < 4.78 is 7.36. The number of hydrogen-bond acceptors (Lipinski definition) is 5. The molecule has 0 saturated carbocycles. The molecule has 1 aliphatic heterocycles. The van der Waals surface area contributed by atoms with Crippen molar-refractivity contribution in [1.82, 2.24) is 14.8 Å². The van der Waals surface area contributed by atoms with Crippen molar-refractivity contribution in [3.8, 4) is 0 Å². The molecule has 2 heterocycles. The number of hydrogen-bond donors (Lipinski definition) is 1. The van der Waals surface area contributed by atoms with Crippen molar-refractivity contribution in [3.05, 3.63) is 20.7 Å². The maximum absolute atomic E-state index is 12.0. The second-order valence-corrected chi connectivity index (χ2v) is 7.32. The number of nitrogens with zero attached hydrogens (tertiary/aromatic N) is 2. The second kappa shape index (κ2) is 8.61. The summed E-state index contributed by atoms with van der Waals surface area (Å²) in [6.07, 6.45) is 0.372. The molecule has 0 unspecified atom stereocenters. The van der Waals surface area contributed by atoms with E-state index < -0.39 is 0 Å². The van der Waals surface area contributed by atoms with Crippen molar-refractivity contribution in [1.29, 1.82) is 0 Å². The summed E-state index contributed by atoms with van der Waals surface area (Å²) in [6.45, 7) is 10.9. The minimum atomic E-state index is -0.0351. The first kappa shape index (κ1) is 18.2. The Kier molecular flexibility index (Phi) is 6.80. The Morgan fingerprint density at radius 3 is 2.96 bits per heavy atom. The zero-order valence-electron chi connectivity index (χ0n) is 14.2. The van der Waals surface area contributed by atoms with Crippen molar-refractivity contribution in [2.45, 2.75) is 39.8 Å². The summed E-state index contributed by atoms with van der Waals surface area (Å²) in [7, 11) is 0. The van der Waals surface area contributed by atoms with E-state index in [2.05, 4.69) is 24.1 Å². The van der Waals surface area contributed by atoms with Crippen LogP contribution in [-0.2, 0) is 16.1 Å². The molecule has 1 aromatic heterocycles. The SMILES string of the molecule is Cc1csc(=O)n1CCC(=O)NC[C@@H]1CN(CC(C)C)CCO1. The number of carbonyl (C=O) groups excluding carboxylic acids is 1. The lowest BCUT2D eigenvalue weighted by Crippen LogP contribution is -2.48. The molecule has 23 heavy (non-hydrogen) atoms. The van der Waals surface area contributed by atoms with Crippen LogP contribution in [0.15, 0.2) is 10.2 Å². The Morgan fingerprint density at radius 1 is 1.52 bits per heavy atom. The third-order valence-corrected chi connectivity index (χ3v) is 4.79. The van der Waals surface area contributed by atoms with Gasteiger partial charge in [-0.15, -0.1) is 0 Å². The van der Waals surface area contributed by atoms with Crippen molar-refractivity contribution in [3.63, 3.8) is 0 Å². The monoisotopic (exact) mass is 341 g/mol. The Hall–Kier alpha value is -1.18. The molecule has 1 N–H and O–H groups in total. The highest BCUT2D eigenvalue weighted by Crippen LogP contribution is 2.07. The first-order chi connectivity index (χ1) is 11.0. The van der Waals surface area contributed by atoms with Gasteiger partial charge in [0.05, 0.1) is 12.7 Å². The van der Waals surface area contributed by atoms with Crippen LogP contribution in [0.3, 0.4) is 0 Å². The van der Waals surface area contributed by atoms with Crippen LogP contribution < -0.4 is 10.2 Å². The second-order valence-electron chi connectivity index (χ2n) is 6.49. The number of thiazole rings is 1. The molecule has 2 rings (SSSR count). The minimum Gasteiger partial charge on any atom is -0.374 e. The molecule has 1 amide bonds. The fourth-order valence-corrected chi connectivity index (χ4v) is 3.55. The van der Waals surface area contributed by atoms with E-state index in [4.69, 9.17) is 4.74 Å². The lowest BCUT2D eigenvalue weighted by molar-refractivity contribution is -0.122. The average molecular weight is 341 g/mol. The van der Waals surface area contributed by atoms with Crippen LogP contribution in [0.4, 0.5) is 0 Å². The largest absolute Gasteiger partial charge is 0.374 e. The van der Waals surface area contributed by atoms with Gasteiger partial charge in [0.15, 0.2) is 0 Å². The molecule has 0 bridgehead atoms. The molecule has 0 radical (unpaired) electrons. The summed E-state index contributed by atoms with van der Waals surface area (Å²) in [5.74, 6) is 0.600. The van der Waals surface area contributed by atoms with Crippen LogP contribution in [0, 0.1) is 12.8 Å². The highest BCUT2D eigenvalue weighted by molar-refractivity contribution is 7.07. The maximum Gasteiger partial charge on any atom is 0.307 e. The Bertz CT molecular complexity index is 567. The predicted octanol–water partition coefficient (Wildman–Crippen LogP) is 1.08. The molecular formula is C16H27N3O3S. The number of aromatic nitrogens is 1. The van der Waals surface area contributed by atoms with Gasteiger partial charge in [0.1, 0.15) is 0 Å². The van der Waals surface area contributed by atoms with Gasteiger partial charge in [0, 0.05) is 50.2 Å². The molecular weight excluding hydrogens is 314 g/mol. The van der Waals surface area contributed by atoms with Crippen LogP contribution >= 0.6 is 11.3 Å². The van der Waals surface area contributed by atoms with Crippen molar-refractivity contribution in [2.24, 2.45) is 5.92 Å². The molecule has 0 spiro atoms. The van der Waals surface area contributed by atoms with Crippen molar-refractivity contribution in [2.75, 3.05) is 32.8 Å². The minimum absolute atomic E-state index is 0.00441. The third-order valence-electron chi connectivity index (χ3n) is 3.91. The third kappa shape index (κ3) is 5.75. The molecule has 1 saturated heterocycles. The fraction of sp³-hybridized carbons (Fsp3) is 0.750. The van der Waals surface area contributed by atoms with E-state index >= 15 is 0 Å². The van der Waals surface area contributed by atoms with Crippen LogP contribution in [0.1, 0.15) is 26.0 Å². The molecule has 0 aromatic carbocycles. The number of morpholine rings is 1. The number of amides is 1. The first-order valence-corrected chi connectivity index (χ1v) is 9.09. The number of ether oxygens (including phenoxy) is 1. The summed E-state index contributed by atoms with van der Waals surface area (Å²) in [4.78, 5) is 26.0. The van der Waals surface area contributed by atoms with E-state index in [0.717, 1.165) is 31.9 Å². The first-order valence-electron chi connectivity index (χ1n) is 8.21. The standard InChI is InChI=1S/C16H27N3O3S/c1-12(2)9-18-6-7-22-14(10-18)8-17-15(20)4-5-19-13(3)11-23-16(19)21/h11-12,14H,4-10H2,1-3H3,(H,17,20)/t14-/m1/s1. The number of aryl methyl sites for hydroxylation is 1. The molecule has 1 aromatic rings. The van der Waals surface area contributed by atoms with Gasteiger partial charge in [0.2, 0.25) is 5.91 Å². The lowest BCUT2D eigenvalue weighted by Gasteiger charge is -2.33. The highest BCUT2D eigenvalue weighted by atomic mass is 32.1. The van der Waals surface area contributed by atoms with Gasteiger partial charge in [-0.1, -0.05) is 25.2 Å².